The van der Waals surface area contributed by atoms with Gasteiger partial charge in [0.1, 0.15) is 11.5 Å². The van der Waals surface area contributed by atoms with Gasteiger partial charge in [-0.2, -0.15) is 0 Å². The zero-order chi connectivity index (χ0) is 15.2. The highest BCUT2D eigenvalue weighted by atomic mass is 16.5. The summed E-state index contributed by atoms with van der Waals surface area (Å²) in [7, 11) is 1.97. The minimum Gasteiger partial charge on any atom is -0.457 e. The van der Waals surface area contributed by atoms with E-state index in [9.17, 15) is 0 Å². The summed E-state index contributed by atoms with van der Waals surface area (Å²) in [6.07, 6.45) is 1.16. The SMILES string of the molecule is CCC(C)c1ccc(Oc2ccc(C(C)NC)cc2)cc1. The molecule has 2 atom stereocenters. The van der Waals surface area contributed by atoms with E-state index < -0.39 is 0 Å². The molecule has 0 aliphatic carbocycles. The standard InChI is InChI=1S/C19H25NO/c1-5-14(2)16-6-10-18(11-7-16)21-19-12-8-17(9-13-19)15(3)20-4/h6-15,20H,5H2,1-4H3. The topological polar surface area (TPSA) is 21.3 Å². The molecule has 0 amide bonds. The Morgan fingerprint density at radius 2 is 1.33 bits per heavy atom. The Hall–Kier alpha value is -1.80. The lowest BCUT2D eigenvalue weighted by molar-refractivity contribution is 0.481. The lowest BCUT2D eigenvalue weighted by Crippen LogP contribution is -2.11. The summed E-state index contributed by atoms with van der Waals surface area (Å²) in [5.41, 5.74) is 2.63. The fourth-order valence-corrected chi connectivity index (χ4v) is 2.23. The van der Waals surface area contributed by atoms with E-state index in [0.29, 0.717) is 12.0 Å². The predicted molar refractivity (Wildman–Crippen MR) is 89.1 cm³/mol. The molecule has 0 aromatic heterocycles. The highest BCUT2D eigenvalue weighted by Gasteiger charge is 2.05. The van der Waals surface area contributed by atoms with Crippen molar-refractivity contribution in [2.24, 2.45) is 0 Å². The van der Waals surface area contributed by atoms with Crippen molar-refractivity contribution in [2.75, 3.05) is 7.05 Å². The van der Waals surface area contributed by atoms with Crippen LogP contribution in [-0.4, -0.2) is 7.05 Å². The monoisotopic (exact) mass is 283 g/mol. The molecule has 0 saturated carbocycles. The molecular formula is C19H25NO. The molecule has 0 bridgehead atoms. The maximum absolute atomic E-state index is 5.89. The third-order valence-corrected chi connectivity index (χ3v) is 4.11. The summed E-state index contributed by atoms with van der Waals surface area (Å²) in [5, 5.41) is 3.23. The van der Waals surface area contributed by atoms with Gasteiger partial charge in [-0.1, -0.05) is 38.1 Å². The molecule has 2 aromatic rings. The summed E-state index contributed by atoms with van der Waals surface area (Å²) in [4.78, 5) is 0. The van der Waals surface area contributed by atoms with Crippen molar-refractivity contribution in [3.8, 4) is 11.5 Å². The van der Waals surface area contributed by atoms with Crippen molar-refractivity contribution in [1.82, 2.24) is 5.32 Å². The van der Waals surface area contributed by atoms with Crippen molar-refractivity contribution in [2.45, 2.75) is 39.2 Å². The molecule has 0 aliphatic heterocycles. The second-order valence-electron chi connectivity index (χ2n) is 5.56. The lowest BCUT2D eigenvalue weighted by atomic mass is 9.99. The van der Waals surface area contributed by atoms with Crippen molar-refractivity contribution in [3.63, 3.8) is 0 Å². The number of rotatable bonds is 6. The summed E-state index contributed by atoms with van der Waals surface area (Å²) < 4.78 is 5.89. The van der Waals surface area contributed by atoms with Crippen LogP contribution < -0.4 is 10.1 Å². The number of ether oxygens (including phenoxy) is 1. The van der Waals surface area contributed by atoms with E-state index in [-0.39, 0.29) is 0 Å². The van der Waals surface area contributed by atoms with Gasteiger partial charge >= 0.3 is 0 Å². The number of nitrogens with one attached hydrogen (secondary N) is 1. The molecule has 2 unspecified atom stereocenters. The van der Waals surface area contributed by atoms with E-state index in [1.807, 2.05) is 31.3 Å². The molecule has 0 radical (unpaired) electrons. The lowest BCUT2D eigenvalue weighted by Gasteiger charge is -2.12. The smallest absolute Gasteiger partial charge is 0.127 e. The third-order valence-electron chi connectivity index (χ3n) is 4.11. The van der Waals surface area contributed by atoms with E-state index in [4.69, 9.17) is 4.74 Å². The minimum absolute atomic E-state index is 0.355. The zero-order valence-electron chi connectivity index (χ0n) is 13.4. The second-order valence-corrected chi connectivity index (χ2v) is 5.56. The Morgan fingerprint density at radius 1 is 0.857 bits per heavy atom. The highest BCUT2D eigenvalue weighted by Crippen LogP contribution is 2.26. The molecular weight excluding hydrogens is 258 g/mol. The van der Waals surface area contributed by atoms with E-state index >= 15 is 0 Å². The molecule has 1 N–H and O–H groups in total. The maximum atomic E-state index is 5.89. The summed E-state index contributed by atoms with van der Waals surface area (Å²) in [6.45, 7) is 6.60. The van der Waals surface area contributed by atoms with Crippen LogP contribution >= 0.6 is 0 Å². The Kier molecular flexibility index (Phi) is 5.40. The van der Waals surface area contributed by atoms with Crippen LogP contribution in [0.15, 0.2) is 48.5 Å². The van der Waals surface area contributed by atoms with Gasteiger partial charge in [0.25, 0.3) is 0 Å². The summed E-state index contributed by atoms with van der Waals surface area (Å²) in [6, 6.07) is 17.0. The molecule has 2 aromatic carbocycles. The first-order chi connectivity index (χ1) is 10.1. The Morgan fingerprint density at radius 3 is 1.76 bits per heavy atom. The number of hydrogen-bond acceptors (Lipinski definition) is 2. The van der Waals surface area contributed by atoms with Gasteiger partial charge in [-0.25, -0.2) is 0 Å². The molecule has 0 aliphatic rings. The van der Waals surface area contributed by atoms with Crippen LogP contribution in [0.25, 0.3) is 0 Å². The van der Waals surface area contributed by atoms with Gasteiger partial charge in [0.2, 0.25) is 0 Å². The van der Waals surface area contributed by atoms with Crippen LogP contribution in [0, 0.1) is 0 Å². The van der Waals surface area contributed by atoms with E-state index in [0.717, 1.165) is 17.9 Å². The Bertz CT molecular complexity index is 493. The van der Waals surface area contributed by atoms with E-state index in [1.54, 1.807) is 0 Å². The molecule has 0 heterocycles. The van der Waals surface area contributed by atoms with Crippen molar-refractivity contribution >= 4 is 0 Å². The normalized spacial score (nSPS) is 13.7. The molecule has 0 fully saturated rings. The van der Waals surface area contributed by atoms with Crippen LogP contribution in [0.3, 0.4) is 0 Å². The predicted octanol–water partition coefficient (Wildman–Crippen LogP) is 5.27. The van der Waals surface area contributed by atoms with Crippen LogP contribution in [0.2, 0.25) is 0 Å². The van der Waals surface area contributed by atoms with E-state index in [2.05, 4.69) is 50.4 Å². The van der Waals surface area contributed by atoms with Crippen LogP contribution in [-0.2, 0) is 0 Å². The minimum atomic E-state index is 0.355. The third kappa shape index (κ3) is 4.08. The fraction of sp³-hybridized carbons (Fsp3) is 0.368. The second kappa shape index (κ2) is 7.28. The molecule has 21 heavy (non-hydrogen) atoms. The first-order valence-corrected chi connectivity index (χ1v) is 7.69. The van der Waals surface area contributed by atoms with Crippen LogP contribution in [0.5, 0.6) is 11.5 Å². The average Bonchev–Trinajstić information content (AvgIpc) is 2.55. The molecule has 0 saturated heterocycles. The van der Waals surface area contributed by atoms with Gasteiger partial charge in [0.15, 0.2) is 0 Å². The average molecular weight is 283 g/mol. The molecule has 0 spiro atoms. The molecule has 112 valence electrons. The van der Waals surface area contributed by atoms with Gasteiger partial charge in [-0.3, -0.25) is 0 Å². The molecule has 2 rings (SSSR count). The highest BCUT2D eigenvalue weighted by molar-refractivity contribution is 5.35. The zero-order valence-corrected chi connectivity index (χ0v) is 13.4. The maximum Gasteiger partial charge on any atom is 0.127 e. The van der Waals surface area contributed by atoms with Gasteiger partial charge in [0.05, 0.1) is 0 Å². The van der Waals surface area contributed by atoms with Crippen molar-refractivity contribution in [1.29, 1.82) is 0 Å². The van der Waals surface area contributed by atoms with Gasteiger partial charge < -0.3 is 10.1 Å². The molecule has 2 heteroatoms. The fourth-order valence-electron chi connectivity index (χ4n) is 2.23. The Balaban J connectivity index is 2.04. The van der Waals surface area contributed by atoms with Gasteiger partial charge in [-0.05, 0) is 61.7 Å². The largest absolute Gasteiger partial charge is 0.457 e. The van der Waals surface area contributed by atoms with E-state index in [1.165, 1.54) is 11.1 Å². The first-order valence-electron chi connectivity index (χ1n) is 7.69. The number of hydrogen-bond donors (Lipinski definition) is 1. The van der Waals surface area contributed by atoms with Gasteiger partial charge in [0, 0.05) is 6.04 Å². The van der Waals surface area contributed by atoms with Crippen LogP contribution in [0.4, 0.5) is 0 Å². The van der Waals surface area contributed by atoms with Crippen molar-refractivity contribution in [3.05, 3.63) is 59.7 Å². The molecule has 2 nitrogen and oxygen atoms in total. The summed E-state index contributed by atoms with van der Waals surface area (Å²) in [5.74, 6) is 2.36. The quantitative estimate of drug-likeness (QED) is 0.779. The Labute approximate surface area is 128 Å². The number of benzene rings is 2. The van der Waals surface area contributed by atoms with Crippen molar-refractivity contribution < 1.29 is 4.74 Å². The van der Waals surface area contributed by atoms with Gasteiger partial charge in [-0.15, -0.1) is 0 Å². The summed E-state index contributed by atoms with van der Waals surface area (Å²) >= 11 is 0. The first kappa shape index (κ1) is 15.6. The van der Waals surface area contributed by atoms with Crippen LogP contribution in [0.1, 0.15) is 50.3 Å².